The molecular formula is C15H24ClN3O. The number of halogens is 1. The first-order valence-corrected chi connectivity index (χ1v) is 7.10. The first-order valence-electron chi connectivity index (χ1n) is 7.10. The first-order chi connectivity index (χ1) is 9.08. The number of carbonyl (C=O) groups is 1. The second-order valence-corrected chi connectivity index (χ2v) is 5.77. The van der Waals surface area contributed by atoms with Crippen LogP contribution in [0.5, 0.6) is 0 Å². The molecule has 2 N–H and O–H groups in total. The highest BCUT2D eigenvalue weighted by Gasteiger charge is 2.28. The predicted molar refractivity (Wildman–Crippen MR) is 84.0 cm³/mol. The maximum Gasteiger partial charge on any atom is 0.272 e. The van der Waals surface area contributed by atoms with Crippen LogP contribution in [0.15, 0.2) is 18.3 Å². The lowest BCUT2D eigenvalue weighted by atomic mass is 10.1. The molecule has 0 bridgehead atoms. The van der Waals surface area contributed by atoms with Crippen LogP contribution in [0.2, 0.25) is 0 Å². The Morgan fingerprint density at radius 2 is 2.05 bits per heavy atom. The van der Waals surface area contributed by atoms with E-state index >= 15 is 0 Å². The summed E-state index contributed by atoms with van der Waals surface area (Å²) in [6.45, 7) is 5.09. The summed E-state index contributed by atoms with van der Waals surface area (Å²) in [5.74, 6) is 0.513. The molecule has 1 heterocycles. The van der Waals surface area contributed by atoms with Crippen LogP contribution in [0.4, 0.5) is 5.69 Å². The molecule has 1 aromatic heterocycles. The fourth-order valence-corrected chi connectivity index (χ4v) is 2.69. The number of carbonyl (C=O) groups excluding carboxylic acids is 1. The molecule has 112 valence electrons. The zero-order valence-electron chi connectivity index (χ0n) is 12.2. The summed E-state index contributed by atoms with van der Waals surface area (Å²) >= 11 is 0. The molecule has 0 unspecified atom stereocenters. The Labute approximate surface area is 127 Å². The second kappa shape index (κ2) is 7.48. The molecule has 0 aliphatic heterocycles. The average Bonchev–Trinajstić information content (AvgIpc) is 2.89. The fourth-order valence-electron chi connectivity index (χ4n) is 2.69. The lowest BCUT2D eigenvalue weighted by Gasteiger charge is -2.30. The van der Waals surface area contributed by atoms with Crippen LogP contribution in [-0.2, 0) is 0 Å². The van der Waals surface area contributed by atoms with E-state index < -0.39 is 0 Å². The normalized spacial score (nSPS) is 15.2. The zero-order valence-corrected chi connectivity index (χ0v) is 13.0. The number of hydrogen-bond acceptors (Lipinski definition) is 3. The molecule has 0 aromatic carbocycles. The molecule has 1 fully saturated rings. The number of nitrogens with zero attached hydrogens (tertiary/aromatic N) is 2. The molecule has 0 radical (unpaired) electrons. The van der Waals surface area contributed by atoms with Gasteiger partial charge in [0.2, 0.25) is 0 Å². The van der Waals surface area contributed by atoms with Gasteiger partial charge in [0.15, 0.2) is 0 Å². The van der Waals surface area contributed by atoms with Crippen LogP contribution in [0.25, 0.3) is 0 Å². The maximum atomic E-state index is 12.6. The zero-order chi connectivity index (χ0) is 13.8. The van der Waals surface area contributed by atoms with Crippen molar-refractivity contribution in [2.24, 2.45) is 5.92 Å². The summed E-state index contributed by atoms with van der Waals surface area (Å²) in [4.78, 5) is 18.8. The fraction of sp³-hybridized carbons (Fsp3) is 0.600. The van der Waals surface area contributed by atoms with Gasteiger partial charge in [0, 0.05) is 12.6 Å². The van der Waals surface area contributed by atoms with Gasteiger partial charge >= 0.3 is 0 Å². The molecule has 4 nitrogen and oxygen atoms in total. The van der Waals surface area contributed by atoms with Gasteiger partial charge in [-0.2, -0.15) is 0 Å². The predicted octanol–water partition coefficient (Wildman–Crippen LogP) is 3.13. The highest BCUT2D eigenvalue weighted by Crippen LogP contribution is 2.25. The number of amides is 1. The van der Waals surface area contributed by atoms with E-state index in [-0.39, 0.29) is 18.3 Å². The van der Waals surface area contributed by atoms with Crippen LogP contribution in [-0.4, -0.2) is 28.4 Å². The topological polar surface area (TPSA) is 59.2 Å². The van der Waals surface area contributed by atoms with Crippen molar-refractivity contribution < 1.29 is 4.79 Å². The number of pyridine rings is 1. The Bertz CT molecular complexity index is 427. The summed E-state index contributed by atoms with van der Waals surface area (Å²) in [7, 11) is 0. The van der Waals surface area contributed by atoms with Crippen molar-refractivity contribution in [3.05, 3.63) is 24.0 Å². The third kappa shape index (κ3) is 4.10. The monoisotopic (exact) mass is 297 g/mol. The molecule has 2 rings (SSSR count). The van der Waals surface area contributed by atoms with Gasteiger partial charge in [-0.05, 0) is 30.9 Å². The van der Waals surface area contributed by atoms with Crippen LogP contribution >= 0.6 is 12.4 Å². The van der Waals surface area contributed by atoms with Crippen molar-refractivity contribution in [1.82, 2.24) is 9.88 Å². The standard InChI is InChI=1S/C15H23N3O.ClH/c1-11(2)10-18(13-5-3-4-6-13)15(19)14-8-7-12(16)9-17-14;/h7-9,11,13H,3-6,10,16H2,1-2H3;1H. The molecule has 20 heavy (non-hydrogen) atoms. The molecular weight excluding hydrogens is 274 g/mol. The number of nitrogens with two attached hydrogens (primary N) is 1. The first kappa shape index (κ1) is 16.8. The van der Waals surface area contributed by atoms with E-state index in [1.807, 2.05) is 4.90 Å². The average molecular weight is 298 g/mol. The van der Waals surface area contributed by atoms with Gasteiger partial charge in [-0.3, -0.25) is 4.79 Å². The van der Waals surface area contributed by atoms with Gasteiger partial charge < -0.3 is 10.6 Å². The van der Waals surface area contributed by atoms with Crippen molar-refractivity contribution in [1.29, 1.82) is 0 Å². The van der Waals surface area contributed by atoms with Gasteiger partial charge in [0.25, 0.3) is 5.91 Å². The number of hydrogen-bond donors (Lipinski definition) is 1. The number of rotatable bonds is 4. The van der Waals surface area contributed by atoms with Crippen molar-refractivity contribution >= 4 is 24.0 Å². The van der Waals surface area contributed by atoms with E-state index in [2.05, 4.69) is 18.8 Å². The molecule has 1 amide bonds. The van der Waals surface area contributed by atoms with Crippen LogP contribution in [0, 0.1) is 5.92 Å². The van der Waals surface area contributed by atoms with Crippen LogP contribution in [0.3, 0.4) is 0 Å². The molecule has 1 aliphatic rings. The van der Waals surface area contributed by atoms with E-state index in [0.717, 1.165) is 19.4 Å². The molecule has 1 aliphatic carbocycles. The molecule has 5 heteroatoms. The number of anilines is 1. The summed E-state index contributed by atoms with van der Waals surface area (Å²) < 4.78 is 0. The van der Waals surface area contributed by atoms with E-state index in [4.69, 9.17) is 5.73 Å². The van der Waals surface area contributed by atoms with Crippen molar-refractivity contribution in [2.45, 2.75) is 45.6 Å². The third-order valence-electron chi connectivity index (χ3n) is 3.59. The summed E-state index contributed by atoms with van der Waals surface area (Å²) in [6.07, 6.45) is 6.24. The molecule has 1 saturated carbocycles. The summed E-state index contributed by atoms with van der Waals surface area (Å²) in [5.41, 5.74) is 6.71. The smallest absolute Gasteiger partial charge is 0.272 e. The SMILES string of the molecule is CC(C)CN(C(=O)c1ccc(N)cn1)C1CCCC1.Cl. The molecule has 0 saturated heterocycles. The van der Waals surface area contributed by atoms with Gasteiger partial charge in [-0.15, -0.1) is 12.4 Å². The molecule has 1 aromatic rings. The largest absolute Gasteiger partial charge is 0.397 e. The Morgan fingerprint density at radius 3 is 2.55 bits per heavy atom. The summed E-state index contributed by atoms with van der Waals surface area (Å²) in [6, 6.07) is 3.84. The van der Waals surface area contributed by atoms with E-state index in [9.17, 15) is 4.79 Å². The minimum Gasteiger partial charge on any atom is -0.397 e. The Hall–Kier alpha value is -1.29. The van der Waals surface area contributed by atoms with E-state index in [1.54, 1.807) is 18.3 Å². The van der Waals surface area contributed by atoms with Crippen LogP contribution < -0.4 is 5.73 Å². The second-order valence-electron chi connectivity index (χ2n) is 5.77. The highest BCUT2D eigenvalue weighted by atomic mass is 35.5. The van der Waals surface area contributed by atoms with E-state index in [1.165, 1.54) is 12.8 Å². The lowest BCUT2D eigenvalue weighted by molar-refractivity contribution is 0.0649. The van der Waals surface area contributed by atoms with Gasteiger partial charge in [0.05, 0.1) is 11.9 Å². The Morgan fingerprint density at radius 1 is 1.40 bits per heavy atom. The minimum atomic E-state index is 0. The van der Waals surface area contributed by atoms with Crippen molar-refractivity contribution in [3.8, 4) is 0 Å². The number of nitrogen functional groups attached to an aromatic ring is 1. The summed E-state index contributed by atoms with van der Waals surface area (Å²) in [5, 5.41) is 0. The third-order valence-corrected chi connectivity index (χ3v) is 3.59. The highest BCUT2D eigenvalue weighted by molar-refractivity contribution is 5.92. The quantitative estimate of drug-likeness (QED) is 0.929. The number of aromatic nitrogens is 1. The van der Waals surface area contributed by atoms with Gasteiger partial charge in [0.1, 0.15) is 5.69 Å². The Kier molecular flexibility index (Phi) is 6.27. The minimum absolute atomic E-state index is 0. The Balaban J connectivity index is 0.00000200. The lowest BCUT2D eigenvalue weighted by Crippen LogP contribution is -2.41. The van der Waals surface area contributed by atoms with Gasteiger partial charge in [-0.1, -0.05) is 26.7 Å². The molecule has 0 spiro atoms. The molecule has 0 atom stereocenters. The van der Waals surface area contributed by atoms with E-state index in [0.29, 0.717) is 23.3 Å². The van der Waals surface area contributed by atoms with Crippen LogP contribution in [0.1, 0.15) is 50.0 Å². The van der Waals surface area contributed by atoms with Crippen molar-refractivity contribution in [3.63, 3.8) is 0 Å². The maximum absolute atomic E-state index is 12.6. The van der Waals surface area contributed by atoms with Gasteiger partial charge in [-0.25, -0.2) is 4.98 Å². The van der Waals surface area contributed by atoms with Crippen molar-refractivity contribution in [2.75, 3.05) is 12.3 Å².